The van der Waals surface area contributed by atoms with Gasteiger partial charge in [0, 0.05) is 12.1 Å². The molecule has 1 atom stereocenters. The fourth-order valence-electron chi connectivity index (χ4n) is 2.61. The molecule has 1 aliphatic carbocycles. The van der Waals surface area contributed by atoms with E-state index in [1.54, 1.807) is 6.07 Å². The molecule has 1 aromatic carbocycles. The number of urea groups is 1. The molecule has 8 heteroatoms. The number of halogens is 3. The van der Waals surface area contributed by atoms with E-state index >= 15 is 0 Å². The Morgan fingerprint density at radius 3 is 2.56 bits per heavy atom. The van der Waals surface area contributed by atoms with Crippen molar-refractivity contribution in [2.24, 2.45) is 5.92 Å². The summed E-state index contributed by atoms with van der Waals surface area (Å²) < 4.78 is 39.3. The van der Waals surface area contributed by atoms with Crippen molar-refractivity contribution in [3.63, 3.8) is 0 Å². The van der Waals surface area contributed by atoms with Gasteiger partial charge in [0.15, 0.2) is 0 Å². The zero-order chi connectivity index (χ0) is 18.0. The maximum absolute atomic E-state index is 12.6. The monoisotopic (exact) mass is 352 g/mol. The summed E-state index contributed by atoms with van der Waals surface area (Å²) in [5.74, 6) is 1.03. The summed E-state index contributed by atoms with van der Waals surface area (Å²) in [6.07, 6.45) is -0.558. The molecule has 1 saturated carbocycles. The first kappa shape index (κ1) is 17.3. The summed E-state index contributed by atoms with van der Waals surface area (Å²) >= 11 is 0. The van der Waals surface area contributed by atoms with E-state index in [2.05, 4.69) is 15.7 Å². The van der Waals surface area contributed by atoms with Crippen LogP contribution in [-0.2, 0) is 12.7 Å². The number of hydrogen-bond donors (Lipinski definition) is 2. The van der Waals surface area contributed by atoms with E-state index in [0.29, 0.717) is 17.3 Å². The molecule has 1 fully saturated rings. The van der Waals surface area contributed by atoms with Crippen LogP contribution in [0.5, 0.6) is 0 Å². The Balaban J connectivity index is 1.62. The van der Waals surface area contributed by atoms with Crippen LogP contribution in [0.25, 0.3) is 0 Å². The van der Waals surface area contributed by atoms with Crippen molar-refractivity contribution in [3.05, 3.63) is 47.7 Å². The molecule has 0 saturated heterocycles. The second kappa shape index (κ2) is 6.78. The number of aromatic nitrogens is 2. The molecule has 0 aliphatic heterocycles. The quantitative estimate of drug-likeness (QED) is 0.858. The van der Waals surface area contributed by atoms with E-state index in [9.17, 15) is 18.0 Å². The third kappa shape index (κ3) is 4.52. The van der Waals surface area contributed by atoms with Crippen molar-refractivity contribution in [2.45, 2.75) is 38.5 Å². The summed E-state index contributed by atoms with van der Waals surface area (Å²) in [5.41, 5.74) is -0.0324. The minimum Gasteiger partial charge on any atom is -0.335 e. The van der Waals surface area contributed by atoms with Gasteiger partial charge in [-0.15, -0.1) is 0 Å². The minimum absolute atomic E-state index is 0.117. The summed E-state index contributed by atoms with van der Waals surface area (Å²) in [7, 11) is 0. The Hall–Kier alpha value is -2.51. The average Bonchev–Trinajstić information content (AvgIpc) is 3.31. The van der Waals surface area contributed by atoms with Crippen molar-refractivity contribution >= 4 is 11.8 Å². The van der Waals surface area contributed by atoms with Crippen LogP contribution in [0.4, 0.5) is 23.8 Å². The topological polar surface area (TPSA) is 59.0 Å². The van der Waals surface area contributed by atoms with Crippen LogP contribution < -0.4 is 10.6 Å². The van der Waals surface area contributed by atoms with E-state index in [-0.39, 0.29) is 18.6 Å². The Kier molecular flexibility index (Phi) is 4.69. The van der Waals surface area contributed by atoms with Crippen LogP contribution in [0.3, 0.4) is 0 Å². The van der Waals surface area contributed by atoms with Crippen LogP contribution in [0.2, 0.25) is 0 Å². The van der Waals surface area contributed by atoms with E-state index in [1.807, 2.05) is 6.92 Å². The van der Waals surface area contributed by atoms with Crippen molar-refractivity contribution < 1.29 is 18.0 Å². The van der Waals surface area contributed by atoms with Crippen molar-refractivity contribution in [2.75, 3.05) is 5.32 Å². The largest absolute Gasteiger partial charge is 0.416 e. The van der Waals surface area contributed by atoms with Crippen molar-refractivity contribution in [1.82, 2.24) is 15.1 Å². The molecule has 5 nitrogen and oxygen atoms in total. The predicted octanol–water partition coefficient (Wildman–Crippen LogP) is 3.87. The van der Waals surface area contributed by atoms with Crippen LogP contribution in [0, 0.1) is 5.92 Å². The number of nitrogens with one attached hydrogen (secondary N) is 2. The third-order valence-corrected chi connectivity index (χ3v) is 4.26. The molecule has 134 valence electrons. The zero-order valence-electron chi connectivity index (χ0n) is 13.7. The molecule has 1 heterocycles. The molecule has 0 spiro atoms. The maximum Gasteiger partial charge on any atom is 0.416 e. The second-order valence-corrected chi connectivity index (χ2v) is 6.29. The molecule has 2 amide bonds. The summed E-state index contributed by atoms with van der Waals surface area (Å²) in [4.78, 5) is 12.0. The second-order valence-electron chi connectivity index (χ2n) is 6.29. The van der Waals surface area contributed by atoms with Crippen LogP contribution >= 0.6 is 0 Å². The Morgan fingerprint density at radius 2 is 1.96 bits per heavy atom. The highest BCUT2D eigenvalue weighted by Gasteiger charge is 2.30. The first-order valence-electron chi connectivity index (χ1n) is 8.08. The lowest BCUT2D eigenvalue weighted by atomic mass is 10.1. The molecule has 1 aliphatic rings. The number of rotatable bonds is 5. The molecule has 2 N–H and O–H groups in total. The van der Waals surface area contributed by atoms with Gasteiger partial charge in [-0.3, -0.25) is 5.32 Å². The number of alkyl halides is 3. The molecule has 0 radical (unpaired) electrons. The van der Waals surface area contributed by atoms with Gasteiger partial charge < -0.3 is 5.32 Å². The number of hydrogen-bond acceptors (Lipinski definition) is 2. The summed E-state index contributed by atoms with van der Waals surface area (Å²) in [5, 5.41) is 9.72. The number of nitrogens with zero attached hydrogens (tertiary/aromatic N) is 2. The number of carbonyl (C=O) groups is 1. The van der Waals surface area contributed by atoms with E-state index in [4.69, 9.17) is 0 Å². The number of benzene rings is 1. The van der Waals surface area contributed by atoms with E-state index in [0.717, 1.165) is 25.0 Å². The summed E-state index contributed by atoms with van der Waals surface area (Å²) in [6.45, 7) is 2.23. The Morgan fingerprint density at radius 1 is 1.28 bits per heavy atom. The van der Waals surface area contributed by atoms with Gasteiger partial charge in [-0.1, -0.05) is 12.1 Å². The van der Waals surface area contributed by atoms with Gasteiger partial charge in [0.05, 0.1) is 18.3 Å². The Bertz CT molecular complexity index is 735. The predicted molar refractivity (Wildman–Crippen MR) is 87.1 cm³/mol. The van der Waals surface area contributed by atoms with Gasteiger partial charge >= 0.3 is 12.2 Å². The zero-order valence-corrected chi connectivity index (χ0v) is 13.7. The lowest BCUT2D eigenvalue weighted by Crippen LogP contribution is -2.37. The fraction of sp³-hybridized carbons (Fsp3) is 0.412. The van der Waals surface area contributed by atoms with Crippen LogP contribution in [-0.4, -0.2) is 21.9 Å². The number of carbonyl (C=O) groups excluding carboxylic acids is 1. The lowest BCUT2D eigenvalue weighted by Gasteiger charge is -2.14. The van der Waals surface area contributed by atoms with Crippen LogP contribution in [0.1, 0.15) is 30.9 Å². The first-order chi connectivity index (χ1) is 11.8. The van der Waals surface area contributed by atoms with Crippen molar-refractivity contribution in [3.8, 4) is 0 Å². The van der Waals surface area contributed by atoms with E-state index in [1.165, 1.54) is 23.0 Å². The molecule has 3 rings (SSSR count). The highest BCUT2D eigenvalue weighted by Crippen LogP contribution is 2.32. The third-order valence-electron chi connectivity index (χ3n) is 4.26. The van der Waals surface area contributed by atoms with Gasteiger partial charge in [0.2, 0.25) is 0 Å². The maximum atomic E-state index is 12.6. The molecular formula is C17H19F3N4O. The molecule has 1 unspecified atom stereocenters. The molecule has 25 heavy (non-hydrogen) atoms. The average molecular weight is 352 g/mol. The molecule has 1 aromatic heterocycles. The molecule has 2 aromatic rings. The highest BCUT2D eigenvalue weighted by molar-refractivity contribution is 5.88. The molecular weight excluding hydrogens is 333 g/mol. The standard InChI is InChI=1S/C17H19F3N4O/c1-11(13-4-5-13)22-16(25)23-15-8-9-21-24(15)10-12-2-6-14(7-3-12)17(18,19)20/h2-3,6-9,11,13H,4-5,10H2,1H3,(H2,22,23,25). The number of amides is 2. The summed E-state index contributed by atoms with van der Waals surface area (Å²) in [6, 6.07) is 6.34. The number of anilines is 1. The molecule has 0 bridgehead atoms. The smallest absolute Gasteiger partial charge is 0.335 e. The first-order valence-corrected chi connectivity index (χ1v) is 8.08. The minimum atomic E-state index is -4.35. The normalized spacial score (nSPS) is 15.7. The van der Waals surface area contributed by atoms with Crippen molar-refractivity contribution in [1.29, 1.82) is 0 Å². The van der Waals surface area contributed by atoms with E-state index < -0.39 is 11.7 Å². The highest BCUT2D eigenvalue weighted by atomic mass is 19.4. The van der Waals surface area contributed by atoms with Gasteiger partial charge in [-0.25, -0.2) is 9.48 Å². The van der Waals surface area contributed by atoms with Gasteiger partial charge in [-0.2, -0.15) is 18.3 Å². The van der Waals surface area contributed by atoms with Crippen LogP contribution in [0.15, 0.2) is 36.5 Å². The lowest BCUT2D eigenvalue weighted by molar-refractivity contribution is -0.137. The van der Waals surface area contributed by atoms with Gasteiger partial charge in [0.25, 0.3) is 0 Å². The van der Waals surface area contributed by atoms with Gasteiger partial charge in [0.1, 0.15) is 5.82 Å². The SMILES string of the molecule is CC(NC(=O)Nc1ccnn1Cc1ccc(C(F)(F)F)cc1)C1CC1. The Labute approximate surface area is 143 Å². The van der Waals surface area contributed by atoms with Gasteiger partial charge in [-0.05, 0) is 43.4 Å². The fourth-order valence-corrected chi connectivity index (χ4v) is 2.61.